The summed E-state index contributed by atoms with van der Waals surface area (Å²) in [6.07, 6.45) is -0.0145. The lowest BCUT2D eigenvalue weighted by atomic mass is 10.2. The number of anilines is 1. The van der Waals surface area contributed by atoms with Crippen LogP contribution in [-0.4, -0.2) is 34.3 Å². The molecule has 0 saturated heterocycles. The first-order valence-electron chi connectivity index (χ1n) is 8.10. The van der Waals surface area contributed by atoms with E-state index >= 15 is 0 Å². The molecule has 6 nitrogen and oxygen atoms in total. The number of carbonyl (C=O) groups is 2. The minimum absolute atomic E-state index is 0.0145. The van der Waals surface area contributed by atoms with Gasteiger partial charge in [-0.15, -0.1) is 0 Å². The van der Waals surface area contributed by atoms with Gasteiger partial charge in [0.15, 0.2) is 0 Å². The lowest BCUT2D eigenvalue weighted by Crippen LogP contribution is -2.21. The van der Waals surface area contributed by atoms with Gasteiger partial charge in [0.25, 0.3) is 5.91 Å². The van der Waals surface area contributed by atoms with Gasteiger partial charge in [-0.2, -0.15) is 0 Å². The van der Waals surface area contributed by atoms with Crippen LogP contribution in [0.25, 0.3) is 0 Å². The van der Waals surface area contributed by atoms with E-state index in [0.29, 0.717) is 21.5 Å². The van der Waals surface area contributed by atoms with Gasteiger partial charge in [0, 0.05) is 23.1 Å². The maximum atomic E-state index is 12.4. The topological polar surface area (TPSA) is 88.0 Å². The van der Waals surface area contributed by atoms with E-state index in [1.807, 2.05) is 6.92 Å². The lowest BCUT2D eigenvalue weighted by Gasteiger charge is -2.13. The van der Waals surface area contributed by atoms with Crippen molar-refractivity contribution >= 4 is 45.9 Å². The van der Waals surface area contributed by atoms with Gasteiger partial charge in [-0.05, 0) is 42.8 Å². The van der Waals surface area contributed by atoms with E-state index in [0.717, 1.165) is 11.1 Å². The number of aromatic hydroxyl groups is 1. The number of thioether (sulfide) groups is 1. The summed E-state index contributed by atoms with van der Waals surface area (Å²) in [4.78, 5) is 28.6. The molecule has 1 heterocycles. The first-order chi connectivity index (χ1) is 12.9. The van der Waals surface area contributed by atoms with Crippen LogP contribution in [0.3, 0.4) is 0 Å². The summed E-state index contributed by atoms with van der Waals surface area (Å²) in [7, 11) is 1.49. The van der Waals surface area contributed by atoms with Crippen molar-refractivity contribution in [3.05, 3.63) is 52.5 Å². The molecule has 3 rings (SSSR count). The van der Waals surface area contributed by atoms with Crippen molar-refractivity contribution in [3.8, 4) is 11.5 Å². The van der Waals surface area contributed by atoms with Crippen LogP contribution in [0, 0.1) is 6.92 Å². The fraction of sp³-hybridized carbons (Fsp3) is 0.211. The van der Waals surface area contributed by atoms with Crippen LogP contribution in [0.4, 0.5) is 5.69 Å². The molecule has 1 aliphatic heterocycles. The first kappa shape index (κ1) is 19.3. The van der Waals surface area contributed by atoms with Crippen molar-refractivity contribution in [2.45, 2.75) is 18.6 Å². The number of halogens is 1. The Labute approximate surface area is 165 Å². The van der Waals surface area contributed by atoms with Crippen LogP contribution in [-0.2, 0) is 9.59 Å². The van der Waals surface area contributed by atoms with Crippen LogP contribution in [0.2, 0.25) is 5.02 Å². The Balaban J connectivity index is 1.66. The number of benzene rings is 2. The molecular formula is C19H17ClN2O4S. The number of ether oxygens (including phenoxy) is 1. The zero-order valence-corrected chi connectivity index (χ0v) is 16.2. The largest absolute Gasteiger partial charge is 0.508 e. The molecule has 8 heteroatoms. The van der Waals surface area contributed by atoms with E-state index in [9.17, 15) is 14.7 Å². The molecule has 0 unspecified atom stereocenters. The number of amides is 2. The van der Waals surface area contributed by atoms with Crippen molar-refractivity contribution in [2.24, 2.45) is 4.99 Å². The summed E-state index contributed by atoms with van der Waals surface area (Å²) in [5.41, 5.74) is 2.03. The predicted octanol–water partition coefficient (Wildman–Crippen LogP) is 3.78. The molecular weight excluding hydrogens is 388 g/mol. The normalized spacial score (nSPS) is 16.2. The molecule has 0 bridgehead atoms. The summed E-state index contributed by atoms with van der Waals surface area (Å²) >= 11 is 7.31. The molecule has 0 radical (unpaired) electrons. The fourth-order valence-corrected chi connectivity index (χ4v) is 3.77. The van der Waals surface area contributed by atoms with E-state index in [1.165, 1.54) is 31.0 Å². The first-order valence-corrected chi connectivity index (χ1v) is 9.35. The summed E-state index contributed by atoms with van der Waals surface area (Å²) in [5.74, 6) is -0.0808. The molecule has 1 aliphatic rings. The minimum atomic E-state index is -0.590. The number of nitrogens with one attached hydrogen (secondary N) is 1. The van der Waals surface area contributed by atoms with Crippen LogP contribution >= 0.6 is 23.4 Å². The van der Waals surface area contributed by atoms with E-state index in [4.69, 9.17) is 16.3 Å². The Morgan fingerprint density at radius 2 is 2.04 bits per heavy atom. The highest BCUT2D eigenvalue weighted by atomic mass is 35.5. The van der Waals surface area contributed by atoms with E-state index < -0.39 is 5.25 Å². The molecule has 1 atom stereocenters. The van der Waals surface area contributed by atoms with Crippen molar-refractivity contribution in [3.63, 3.8) is 0 Å². The van der Waals surface area contributed by atoms with Crippen LogP contribution in [0.5, 0.6) is 11.5 Å². The second kappa shape index (κ2) is 8.02. The molecule has 2 aromatic rings. The maximum absolute atomic E-state index is 12.4. The predicted molar refractivity (Wildman–Crippen MR) is 107 cm³/mol. The smallest absolute Gasteiger partial charge is 0.260 e. The molecule has 2 N–H and O–H groups in total. The Morgan fingerprint density at radius 3 is 2.70 bits per heavy atom. The fourth-order valence-electron chi connectivity index (χ4n) is 2.55. The van der Waals surface area contributed by atoms with E-state index in [1.54, 1.807) is 24.3 Å². The molecule has 2 amide bonds. The summed E-state index contributed by atoms with van der Waals surface area (Å²) < 4.78 is 5.24. The quantitative estimate of drug-likeness (QED) is 0.791. The third-order valence-electron chi connectivity index (χ3n) is 3.98. The average Bonchev–Trinajstić information content (AvgIpc) is 2.99. The standard InChI is InChI=1S/C19H17ClN2O4S/c1-10-7-14(15(26-2)8-13(10)20)21-17(24)9-16-18(25)22-19(27-16)11-3-5-12(23)6-4-11/h3-8,16,23H,9H2,1-2H3,(H,21,24)/t16-/m0/s1. The lowest BCUT2D eigenvalue weighted by molar-refractivity contribution is -0.121. The van der Waals surface area contributed by atoms with Gasteiger partial charge in [-0.3, -0.25) is 9.59 Å². The maximum Gasteiger partial charge on any atom is 0.260 e. The summed E-state index contributed by atoms with van der Waals surface area (Å²) in [6.45, 7) is 1.82. The molecule has 0 spiro atoms. The summed E-state index contributed by atoms with van der Waals surface area (Å²) in [5, 5.41) is 12.6. The highest BCUT2D eigenvalue weighted by molar-refractivity contribution is 8.16. The Kier molecular flexibility index (Phi) is 5.72. The molecule has 27 heavy (non-hydrogen) atoms. The average molecular weight is 405 g/mol. The van der Waals surface area contributed by atoms with Crippen molar-refractivity contribution in [1.82, 2.24) is 0 Å². The number of hydrogen-bond acceptors (Lipinski definition) is 5. The minimum Gasteiger partial charge on any atom is -0.508 e. The van der Waals surface area contributed by atoms with Crippen molar-refractivity contribution in [1.29, 1.82) is 0 Å². The van der Waals surface area contributed by atoms with Gasteiger partial charge in [-0.1, -0.05) is 23.4 Å². The zero-order valence-electron chi connectivity index (χ0n) is 14.7. The van der Waals surface area contributed by atoms with Gasteiger partial charge < -0.3 is 15.2 Å². The van der Waals surface area contributed by atoms with Crippen LogP contribution in [0.15, 0.2) is 41.4 Å². The molecule has 0 aliphatic carbocycles. The van der Waals surface area contributed by atoms with E-state index in [2.05, 4.69) is 10.3 Å². The van der Waals surface area contributed by atoms with Gasteiger partial charge in [0.05, 0.1) is 12.8 Å². The Morgan fingerprint density at radius 1 is 1.33 bits per heavy atom. The number of aliphatic imine (C=N–C) groups is 1. The molecule has 0 saturated carbocycles. The molecule has 0 aromatic heterocycles. The third kappa shape index (κ3) is 4.43. The number of hydrogen-bond donors (Lipinski definition) is 2. The van der Waals surface area contributed by atoms with Crippen LogP contribution in [0.1, 0.15) is 17.5 Å². The Bertz CT molecular complexity index is 928. The second-order valence-corrected chi connectivity index (χ2v) is 7.56. The summed E-state index contributed by atoms with van der Waals surface area (Å²) in [6, 6.07) is 9.77. The van der Waals surface area contributed by atoms with Crippen molar-refractivity contribution < 1.29 is 19.4 Å². The molecule has 2 aromatic carbocycles. The van der Waals surface area contributed by atoms with Crippen molar-refractivity contribution in [2.75, 3.05) is 12.4 Å². The Hall–Kier alpha value is -2.51. The third-order valence-corrected chi connectivity index (χ3v) is 5.59. The van der Waals surface area contributed by atoms with Crippen LogP contribution < -0.4 is 10.1 Å². The SMILES string of the molecule is COc1cc(Cl)c(C)cc1NC(=O)C[C@@H]1SC(c2ccc(O)cc2)=NC1=O. The number of carbonyl (C=O) groups excluding carboxylic acids is 2. The zero-order chi connectivity index (χ0) is 19.6. The molecule has 0 fully saturated rings. The number of nitrogens with zero attached hydrogens (tertiary/aromatic N) is 1. The van der Waals surface area contributed by atoms with Gasteiger partial charge >= 0.3 is 0 Å². The number of phenols is 1. The highest BCUT2D eigenvalue weighted by Crippen LogP contribution is 2.33. The van der Waals surface area contributed by atoms with Gasteiger partial charge in [0.2, 0.25) is 5.91 Å². The second-order valence-electron chi connectivity index (χ2n) is 5.96. The monoisotopic (exact) mass is 404 g/mol. The highest BCUT2D eigenvalue weighted by Gasteiger charge is 2.31. The number of aryl methyl sites for hydroxylation is 1. The number of rotatable bonds is 5. The van der Waals surface area contributed by atoms with E-state index in [-0.39, 0.29) is 24.0 Å². The van der Waals surface area contributed by atoms with Gasteiger partial charge in [-0.25, -0.2) is 4.99 Å². The number of phenolic OH excluding ortho intramolecular Hbond substituents is 1. The van der Waals surface area contributed by atoms with Gasteiger partial charge in [0.1, 0.15) is 21.8 Å². The number of methoxy groups -OCH3 is 1. The molecule has 140 valence electrons.